The maximum Gasteiger partial charge on any atom is 0.261 e. The maximum atomic E-state index is 12.4. The van der Waals surface area contributed by atoms with E-state index in [9.17, 15) is 9.59 Å². The van der Waals surface area contributed by atoms with Gasteiger partial charge in [-0.1, -0.05) is 0 Å². The molecule has 0 spiro atoms. The van der Waals surface area contributed by atoms with E-state index in [1.165, 1.54) is 11.3 Å². The first-order valence-corrected chi connectivity index (χ1v) is 6.70. The summed E-state index contributed by atoms with van der Waals surface area (Å²) in [6.07, 6.45) is 4.73. The number of amides is 2. The van der Waals surface area contributed by atoms with Crippen LogP contribution < -0.4 is 4.90 Å². The van der Waals surface area contributed by atoms with E-state index < -0.39 is 0 Å². The third-order valence-electron chi connectivity index (χ3n) is 3.96. The van der Waals surface area contributed by atoms with Gasteiger partial charge in [-0.15, -0.1) is 0 Å². The van der Waals surface area contributed by atoms with Crippen molar-refractivity contribution in [3.63, 3.8) is 0 Å². The molecule has 0 saturated heterocycles. The summed E-state index contributed by atoms with van der Waals surface area (Å²) < 4.78 is 5.17. The number of hydrogen-bond donors (Lipinski definition) is 0. The molecule has 0 unspecified atom stereocenters. The molecule has 0 bridgehead atoms. The summed E-state index contributed by atoms with van der Waals surface area (Å²) in [6.45, 7) is 0. The minimum atomic E-state index is -0.174. The van der Waals surface area contributed by atoms with Crippen LogP contribution in [0.4, 0.5) is 5.69 Å². The third kappa shape index (κ3) is 1.46. The van der Waals surface area contributed by atoms with Gasteiger partial charge in [-0.05, 0) is 43.9 Å². The standard InChI is InChI=1S/C15H12N2O3/c18-14-10-3-1-2-4-11(10)15(19)17(14)9-5-6-13-12(7-9)16-8-20-13/h5-8H,1-4H2. The van der Waals surface area contributed by atoms with Crippen LogP contribution in [0.1, 0.15) is 25.7 Å². The number of benzene rings is 1. The molecule has 5 heteroatoms. The molecule has 20 heavy (non-hydrogen) atoms. The van der Waals surface area contributed by atoms with Crippen molar-refractivity contribution in [2.75, 3.05) is 4.90 Å². The molecule has 2 amide bonds. The molecule has 1 aliphatic heterocycles. The SMILES string of the molecule is O=C1C2=C(CCCC2)C(=O)N1c1ccc2ocnc2c1. The number of hydrogen-bond acceptors (Lipinski definition) is 4. The molecule has 5 nitrogen and oxygen atoms in total. The Hall–Kier alpha value is -2.43. The minimum absolute atomic E-state index is 0.174. The topological polar surface area (TPSA) is 63.4 Å². The lowest BCUT2D eigenvalue weighted by molar-refractivity contribution is -0.120. The van der Waals surface area contributed by atoms with Gasteiger partial charge in [0.2, 0.25) is 0 Å². The van der Waals surface area contributed by atoms with Crippen LogP contribution in [-0.2, 0) is 9.59 Å². The van der Waals surface area contributed by atoms with Gasteiger partial charge in [0.15, 0.2) is 12.0 Å². The van der Waals surface area contributed by atoms with Crippen molar-refractivity contribution in [2.24, 2.45) is 0 Å². The molecule has 2 heterocycles. The van der Waals surface area contributed by atoms with Crippen molar-refractivity contribution in [2.45, 2.75) is 25.7 Å². The predicted octanol–water partition coefficient (Wildman–Crippen LogP) is 2.57. The zero-order chi connectivity index (χ0) is 13.7. The zero-order valence-corrected chi connectivity index (χ0v) is 10.8. The third-order valence-corrected chi connectivity index (χ3v) is 3.96. The van der Waals surface area contributed by atoms with E-state index in [2.05, 4.69) is 4.98 Å². The first kappa shape index (κ1) is 11.4. The molecule has 1 aliphatic carbocycles. The number of fused-ring (bicyclic) bond motifs is 1. The first-order valence-electron chi connectivity index (χ1n) is 6.70. The zero-order valence-electron chi connectivity index (χ0n) is 10.8. The average molecular weight is 268 g/mol. The van der Waals surface area contributed by atoms with Gasteiger partial charge < -0.3 is 4.42 Å². The van der Waals surface area contributed by atoms with Crippen molar-refractivity contribution in [1.29, 1.82) is 0 Å². The fourth-order valence-electron chi connectivity index (χ4n) is 2.96. The molecule has 0 saturated carbocycles. The summed E-state index contributed by atoms with van der Waals surface area (Å²) in [5.41, 5.74) is 3.25. The fraction of sp³-hybridized carbons (Fsp3) is 0.267. The monoisotopic (exact) mass is 268 g/mol. The number of carbonyl (C=O) groups excluding carboxylic acids is 2. The van der Waals surface area contributed by atoms with Crippen molar-refractivity contribution in [3.8, 4) is 0 Å². The van der Waals surface area contributed by atoms with Crippen molar-refractivity contribution < 1.29 is 14.0 Å². The Morgan fingerprint density at radius 2 is 1.75 bits per heavy atom. The van der Waals surface area contributed by atoms with Gasteiger partial charge >= 0.3 is 0 Å². The van der Waals surface area contributed by atoms with Crippen LogP contribution in [0.25, 0.3) is 11.1 Å². The summed E-state index contributed by atoms with van der Waals surface area (Å²) in [7, 11) is 0. The highest BCUT2D eigenvalue weighted by molar-refractivity contribution is 6.33. The number of rotatable bonds is 1. The van der Waals surface area contributed by atoms with Crippen LogP contribution in [-0.4, -0.2) is 16.8 Å². The van der Waals surface area contributed by atoms with Gasteiger partial charge in [0, 0.05) is 11.1 Å². The molecular formula is C15H12N2O3. The highest BCUT2D eigenvalue weighted by atomic mass is 16.3. The van der Waals surface area contributed by atoms with Crippen molar-refractivity contribution >= 4 is 28.6 Å². The number of nitrogens with zero attached hydrogens (tertiary/aromatic N) is 2. The van der Waals surface area contributed by atoms with E-state index >= 15 is 0 Å². The Morgan fingerprint density at radius 1 is 1.05 bits per heavy atom. The Kier molecular flexibility index (Phi) is 2.30. The Morgan fingerprint density at radius 3 is 2.45 bits per heavy atom. The van der Waals surface area contributed by atoms with E-state index in [1.54, 1.807) is 18.2 Å². The lowest BCUT2D eigenvalue weighted by atomic mass is 9.93. The van der Waals surface area contributed by atoms with Crippen LogP contribution in [0.5, 0.6) is 0 Å². The quantitative estimate of drug-likeness (QED) is 0.746. The van der Waals surface area contributed by atoms with Crippen LogP contribution in [0.15, 0.2) is 40.2 Å². The molecule has 2 aromatic rings. The minimum Gasteiger partial charge on any atom is -0.443 e. The number of carbonyl (C=O) groups is 2. The van der Waals surface area contributed by atoms with Crippen LogP contribution in [0.3, 0.4) is 0 Å². The average Bonchev–Trinajstić information content (AvgIpc) is 3.03. The van der Waals surface area contributed by atoms with E-state index in [-0.39, 0.29) is 11.8 Å². The smallest absolute Gasteiger partial charge is 0.261 e. The number of oxazole rings is 1. The van der Waals surface area contributed by atoms with E-state index in [1.807, 2.05) is 0 Å². The Bertz CT molecular complexity index is 744. The van der Waals surface area contributed by atoms with Gasteiger partial charge in [-0.25, -0.2) is 9.88 Å². The van der Waals surface area contributed by atoms with Crippen molar-refractivity contribution in [1.82, 2.24) is 4.98 Å². The second kappa shape index (κ2) is 4.03. The van der Waals surface area contributed by atoms with Gasteiger partial charge in [0.05, 0.1) is 5.69 Å². The Balaban J connectivity index is 1.79. The lowest BCUT2D eigenvalue weighted by Gasteiger charge is -2.14. The highest BCUT2D eigenvalue weighted by Gasteiger charge is 2.39. The molecule has 1 aromatic carbocycles. The molecule has 1 aromatic heterocycles. The molecule has 0 N–H and O–H groups in total. The van der Waals surface area contributed by atoms with E-state index in [0.29, 0.717) is 40.8 Å². The second-order valence-electron chi connectivity index (χ2n) is 5.11. The van der Waals surface area contributed by atoms with Crippen LogP contribution in [0.2, 0.25) is 0 Å². The largest absolute Gasteiger partial charge is 0.443 e. The van der Waals surface area contributed by atoms with Gasteiger partial charge in [-0.2, -0.15) is 0 Å². The molecule has 0 fully saturated rings. The van der Waals surface area contributed by atoms with Crippen molar-refractivity contribution in [3.05, 3.63) is 35.7 Å². The molecule has 2 aliphatic rings. The van der Waals surface area contributed by atoms with E-state index in [0.717, 1.165) is 12.8 Å². The first-order chi connectivity index (χ1) is 9.75. The predicted molar refractivity (Wildman–Crippen MR) is 72.0 cm³/mol. The molecule has 0 radical (unpaired) electrons. The fourth-order valence-corrected chi connectivity index (χ4v) is 2.96. The molecular weight excluding hydrogens is 256 g/mol. The molecule has 0 atom stereocenters. The maximum absolute atomic E-state index is 12.4. The summed E-state index contributed by atoms with van der Waals surface area (Å²) in [6, 6.07) is 5.17. The van der Waals surface area contributed by atoms with Crippen LogP contribution in [0, 0.1) is 0 Å². The van der Waals surface area contributed by atoms with Crippen LogP contribution >= 0.6 is 0 Å². The number of imide groups is 1. The highest BCUT2D eigenvalue weighted by Crippen LogP contribution is 2.36. The lowest BCUT2D eigenvalue weighted by Crippen LogP contribution is -2.31. The summed E-state index contributed by atoms with van der Waals surface area (Å²) in [5.74, 6) is -0.347. The van der Waals surface area contributed by atoms with Gasteiger partial charge in [0.1, 0.15) is 5.52 Å². The summed E-state index contributed by atoms with van der Waals surface area (Å²) >= 11 is 0. The normalized spacial score (nSPS) is 19.1. The van der Waals surface area contributed by atoms with Gasteiger partial charge in [-0.3, -0.25) is 9.59 Å². The second-order valence-corrected chi connectivity index (χ2v) is 5.11. The number of aromatic nitrogens is 1. The molecule has 4 rings (SSSR count). The van der Waals surface area contributed by atoms with E-state index in [4.69, 9.17) is 4.42 Å². The summed E-state index contributed by atoms with van der Waals surface area (Å²) in [4.78, 5) is 30.2. The van der Waals surface area contributed by atoms with Gasteiger partial charge in [0.25, 0.3) is 11.8 Å². The number of anilines is 1. The molecule has 100 valence electrons. The summed E-state index contributed by atoms with van der Waals surface area (Å²) in [5, 5.41) is 0. The Labute approximate surface area is 114 Å².